The first-order valence-corrected chi connectivity index (χ1v) is 4.14. The van der Waals surface area contributed by atoms with Crippen molar-refractivity contribution in [2.45, 2.75) is 0 Å². The quantitative estimate of drug-likeness (QED) is 0.409. The molecule has 1 aromatic heterocycles. The predicted octanol–water partition coefficient (Wildman–Crippen LogP) is 2.63. The molecule has 0 aliphatic rings. The van der Waals surface area contributed by atoms with Gasteiger partial charge in [0.1, 0.15) is 5.15 Å². The molecule has 0 aliphatic carbocycles. The number of aromatic amines is 1. The lowest BCUT2D eigenvalue weighted by molar-refractivity contribution is 0.322. The highest BCUT2D eigenvalue weighted by Gasteiger charge is 2.06. The van der Waals surface area contributed by atoms with E-state index in [4.69, 9.17) is 16.8 Å². The van der Waals surface area contributed by atoms with Crippen LogP contribution in [0.5, 0.6) is 0 Å². The molecule has 0 spiro atoms. The number of para-hydroxylation sites is 1. The van der Waals surface area contributed by atoms with E-state index < -0.39 is 0 Å². The fraction of sp³-hybridized carbons (Fsp3) is 0. The van der Waals surface area contributed by atoms with E-state index in [1.165, 1.54) is 6.21 Å². The van der Waals surface area contributed by atoms with Gasteiger partial charge in [-0.3, -0.25) is 0 Å². The summed E-state index contributed by atoms with van der Waals surface area (Å²) in [4.78, 5) is 2.97. The molecule has 0 fully saturated rings. The predicted molar refractivity (Wildman–Crippen MR) is 52.7 cm³/mol. The summed E-state index contributed by atoms with van der Waals surface area (Å²) in [6.07, 6.45) is 1.32. The van der Waals surface area contributed by atoms with Gasteiger partial charge in [0.05, 0.1) is 6.21 Å². The normalized spacial score (nSPS) is 11.5. The molecule has 3 nitrogen and oxygen atoms in total. The Morgan fingerprint density at radius 2 is 2.15 bits per heavy atom. The van der Waals surface area contributed by atoms with Crippen molar-refractivity contribution in [2.24, 2.45) is 5.16 Å². The van der Waals surface area contributed by atoms with E-state index in [2.05, 4.69) is 10.1 Å². The average molecular weight is 195 g/mol. The summed E-state index contributed by atoms with van der Waals surface area (Å²) in [5, 5.41) is 12.8. The number of hydrogen-bond acceptors (Lipinski definition) is 2. The van der Waals surface area contributed by atoms with Crippen LogP contribution in [0.15, 0.2) is 29.4 Å². The second kappa shape index (κ2) is 3.11. The summed E-state index contributed by atoms with van der Waals surface area (Å²) in [7, 11) is 0. The minimum absolute atomic E-state index is 0.485. The Morgan fingerprint density at radius 1 is 1.38 bits per heavy atom. The molecule has 13 heavy (non-hydrogen) atoms. The Balaban J connectivity index is 2.78. The van der Waals surface area contributed by atoms with E-state index in [0.717, 1.165) is 10.9 Å². The number of nitrogens with zero attached hydrogens (tertiary/aromatic N) is 1. The third-order valence-electron chi connectivity index (χ3n) is 1.88. The number of fused-ring (bicyclic) bond motifs is 1. The van der Waals surface area contributed by atoms with Gasteiger partial charge in [0.25, 0.3) is 0 Å². The fourth-order valence-corrected chi connectivity index (χ4v) is 1.57. The standard InChI is InChI=1S/C9H7ClN2O/c10-9-7(5-11-13)6-3-1-2-4-8(6)12-9/h1-5,12-13H/b11-5+. The van der Waals surface area contributed by atoms with Crippen molar-refractivity contribution < 1.29 is 5.21 Å². The van der Waals surface area contributed by atoms with Crippen LogP contribution in [0.1, 0.15) is 5.56 Å². The summed E-state index contributed by atoms with van der Waals surface area (Å²) < 4.78 is 0. The van der Waals surface area contributed by atoms with Crippen molar-refractivity contribution >= 4 is 28.7 Å². The van der Waals surface area contributed by atoms with Crippen molar-refractivity contribution in [3.05, 3.63) is 35.0 Å². The Bertz CT molecular complexity index is 462. The molecule has 1 aromatic carbocycles. The van der Waals surface area contributed by atoms with E-state index in [9.17, 15) is 0 Å². The molecule has 2 rings (SSSR count). The molecule has 0 unspecified atom stereocenters. The zero-order valence-electron chi connectivity index (χ0n) is 6.66. The maximum atomic E-state index is 8.42. The number of hydrogen-bond donors (Lipinski definition) is 2. The molecule has 0 radical (unpaired) electrons. The van der Waals surface area contributed by atoms with Crippen molar-refractivity contribution in [1.29, 1.82) is 0 Å². The molecule has 0 bridgehead atoms. The number of halogens is 1. The van der Waals surface area contributed by atoms with Crippen LogP contribution in [-0.4, -0.2) is 16.4 Å². The minimum Gasteiger partial charge on any atom is -0.411 e. The number of H-pyrrole nitrogens is 1. The van der Waals surface area contributed by atoms with E-state index in [1.54, 1.807) is 0 Å². The molecule has 2 aromatic rings. The minimum atomic E-state index is 0.485. The molecule has 0 aliphatic heterocycles. The average Bonchev–Trinajstić information content (AvgIpc) is 2.44. The topological polar surface area (TPSA) is 48.4 Å². The van der Waals surface area contributed by atoms with Gasteiger partial charge in [0.2, 0.25) is 0 Å². The summed E-state index contributed by atoms with van der Waals surface area (Å²) >= 11 is 5.89. The van der Waals surface area contributed by atoms with Gasteiger partial charge in [-0.05, 0) is 6.07 Å². The molecule has 0 saturated heterocycles. The highest BCUT2D eigenvalue weighted by molar-refractivity contribution is 6.34. The van der Waals surface area contributed by atoms with Gasteiger partial charge in [0, 0.05) is 16.5 Å². The van der Waals surface area contributed by atoms with Crippen molar-refractivity contribution in [2.75, 3.05) is 0 Å². The summed E-state index contributed by atoms with van der Waals surface area (Å²) in [6, 6.07) is 7.64. The van der Waals surface area contributed by atoms with E-state index in [-0.39, 0.29) is 0 Å². The van der Waals surface area contributed by atoms with E-state index in [1.807, 2.05) is 24.3 Å². The molecule has 0 saturated carbocycles. The van der Waals surface area contributed by atoms with Crippen LogP contribution in [0.25, 0.3) is 10.9 Å². The second-order valence-electron chi connectivity index (χ2n) is 2.64. The molecular weight excluding hydrogens is 188 g/mol. The smallest absolute Gasteiger partial charge is 0.116 e. The van der Waals surface area contributed by atoms with Crippen LogP contribution < -0.4 is 0 Å². The van der Waals surface area contributed by atoms with Crippen molar-refractivity contribution in [1.82, 2.24) is 4.98 Å². The van der Waals surface area contributed by atoms with Gasteiger partial charge >= 0.3 is 0 Å². The molecule has 2 N–H and O–H groups in total. The first-order valence-electron chi connectivity index (χ1n) is 3.76. The van der Waals surface area contributed by atoms with Gasteiger partial charge in [-0.1, -0.05) is 35.0 Å². The maximum absolute atomic E-state index is 8.42. The SMILES string of the molecule is O/N=C/c1c(Cl)[nH]c2ccccc12. The van der Waals surface area contributed by atoms with Gasteiger partial charge in [-0.15, -0.1) is 0 Å². The van der Waals surface area contributed by atoms with Crippen LogP contribution in [0, 0.1) is 0 Å². The highest BCUT2D eigenvalue weighted by atomic mass is 35.5. The van der Waals surface area contributed by atoms with E-state index in [0.29, 0.717) is 10.7 Å². The van der Waals surface area contributed by atoms with Crippen LogP contribution in [0.4, 0.5) is 0 Å². The number of nitrogens with one attached hydrogen (secondary N) is 1. The lowest BCUT2D eigenvalue weighted by Crippen LogP contribution is -1.78. The first-order chi connectivity index (χ1) is 6.33. The third-order valence-corrected chi connectivity index (χ3v) is 2.18. The Kier molecular flexibility index (Phi) is 1.94. The van der Waals surface area contributed by atoms with Crippen LogP contribution >= 0.6 is 11.6 Å². The molecule has 1 heterocycles. The largest absolute Gasteiger partial charge is 0.411 e. The maximum Gasteiger partial charge on any atom is 0.116 e. The molecule has 0 amide bonds. The monoisotopic (exact) mass is 194 g/mol. The third kappa shape index (κ3) is 1.27. The number of oxime groups is 1. The van der Waals surface area contributed by atoms with Gasteiger partial charge in [0.15, 0.2) is 0 Å². The van der Waals surface area contributed by atoms with Gasteiger partial charge in [-0.25, -0.2) is 0 Å². The van der Waals surface area contributed by atoms with Crippen LogP contribution in [0.3, 0.4) is 0 Å². The summed E-state index contributed by atoms with van der Waals surface area (Å²) in [5.41, 5.74) is 1.64. The number of aromatic nitrogens is 1. The van der Waals surface area contributed by atoms with Crippen LogP contribution in [-0.2, 0) is 0 Å². The number of rotatable bonds is 1. The highest BCUT2D eigenvalue weighted by Crippen LogP contribution is 2.23. The van der Waals surface area contributed by atoms with Gasteiger partial charge in [-0.2, -0.15) is 0 Å². The second-order valence-corrected chi connectivity index (χ2v) is 3.02. The van der Waals surface area contributed by atoms with Gasteiger partial charge < -0.3 is 10.2 Å². The Morgan fingerprint density at radius 3 is 2.92 bits per heavy atom. The lowest BCUT2D eigenvalue weighted by Gasteiger charge is -1.88. The molecular formula is C9H7ClN2O. The Labute approximate surface area is 79.6 Å². The Hall–Kier alpha value is -1.48. The molecule has 0 atom stereocenters. The summed E-state index contributed by atoms with van der Waals surface area (Å²) in [6.45, 7) is 0. The number of benzene rings is 1. The van der Waals surface area contributed by atoms with Crippen molar-refractivity contribution in [3.8, 4) is 0 Å². The van der Waals surface area contributed by atoms with Crippen LogP contribution in [0.2, 0.25) is 5.15 Å². The zero-order valence-corrected chi connectivity index (χ0v) is 7.42. The zero-order chi connectivity index (χ0) is 9.26. The first kappa shape index (κ1) is 8.13. The summed E-state index contributed by atoms with van der Waals surface area (Å²) in [5.74, 6) is 0. The van der Waals surface area contributed by atoms with E-state index >= 15 is 0 Å². The molecule has 4 heteroatoms. The lowest BCUT2D eigenvalue weighted by atomic mass is 10.2. The molecule has 66 valence electrons. The fourth-order valence-electron chi connectivity index (χ4n) is 1.31. The van der Waals surface area contributed by atoms with Crippen molar-refractivity contribution in [3.63, 3.8) is 0 Å².